The molecule has 8 rings (SSSR count). The quantitative estimate of drug-likeness (QED) is 0.103. The maximum Gasteiger partial charge on any atom is 0.266 e. The number of amides is 4. The highest BCUT2D eigenvalue weighted by molar-refractivity contribution is 7.91. The van der Waals surface area contributed by atoms with Gasteiger partial charge in [0.15, 0.2) is 0 Å². The van der Waals surface area contributed by atoms with E-state index in [4.69, 9.17) is 11.5 Å². The van der Waals surface area contributed by atoms with E-state index < -0.39 is 33.5 Å². The van der Waals surface area contributed by atoms with Crippen molar-refractivity contribution in [2.24, 2.45) is 0 Å². The fourth-order valence-corrected chi connectivity index (χ4v) is 10.3. The summed E-state index contributed by atoms with van der Waals surface area (Å²) < 4.78 is 30.0. The van der Waals surface area contributed by atoms with Crippen LogP contribution in [-0.2, 0) is 35.5 Å². The molecule has 296 valence electrons. The molecule has 0 saturated heterocycles. The lowest BCUT2D eigenvalue weighted by Gasteiger charge is -2.23. The second-order valence-corrected chi connectivity index (χ2v) is 16.6. The van der Waals surface area contributed by atoms with E-state index in [1.165, 1.54) is 0 Å². The number of sulfone groups is 1. The lowest BCUT2D eigenvalue weighted by molar-refractivity contribution is 0.0910. The van der Waals surface area contributed by atoms with Crippen LogP contribution in [0.5, 0.6) is 0 Å². The third-order valence-electron chi connectivity index (χ3n) is 11.3. The van der Waals surface area contributed by atoms with Crippen LogP contribution in [-0.4, -0.2) is 32.0 Å². The van der Waals surface area contributed by atoms with Crippen molar-refractivity contribution in [3.63, 3.8) is 0 Å². The number of hydrogen-bond donors (Lipinski definition) is 2. The van der Waals surface area contributed by atoms with Crippen molar-refractivity contribution in [3.05, 3.63) is 154 Å². The van der Waals surface area contributed by atoms with Gasteiger partial charge in [-0.05, 0) is 143 Å². The second kappa shape index (κ2) is 14.8. The van der Waals surface area contributed by atoms with Crippen LogP contribution in [0.2, 0.25) is 0 Å². The molecule has 2 aliphatic rings. The zero-order valence-corrected chi connectivity index (χ0v) is 33.9. The Kier molecular flexibility index (Phi) is 9.80. The minimum Gasteiger partial charge on any atom is -0.399 e. The predicted octanol–water partition coefficient (Wildman–Crippen LogP) is 8.87. The molecule has 0 unspecified atom stereocenters. The average molecular weight is 803 g/mol. The van der Waals surface area contributed by atoms with E-state index in [-0.39, 0.29) is 32.0 Å². The van der Waals surface area contributed by atoms with Crippen LogP contribution < -0.4 is 21.3 Å². The Morgan fingerprint density at radius 1 is 0.441 bits per heavy atom. The number of aryl methyl sites for hydroxylation is 4. The summed E-state index contributed by atoms with van der Waals surface area (Å²) in [5, 5.41) is 0. The van der Waals surface area contributed by atoms with Gasteiger partial charge in [0, 0.05) is 11.4 Å². The number of nitrogen functional groups attached to an aromatic ring is 2. The Morgan fingerprint density at radius 2 is 0.847 bits per heavy atom. The molecule has 11 heteroatoms. The molecule has 0 aliphatic carbocycles. The monoisotopic (exact) mass is 802 g/mol. The van der Waals surface area contributed by atoms with Gasteiger partial charge in [-0.15, -0.1) is 0 Å². The summed E-state index contributed by atoms with van der Waals surface area (Å²) in [5.74, 6) is -1.94. The molecule has 6 aromatic rings. The fourth-order valence-electron chi connectivity index (χ4n) is 8.16. The van der Waals surface area contributed by atoms with Gasteiger partial charge in [-0.1, -0.05) is 64.1 Å². The highest BCUT2D eigenvalue weighted by Gasteiger charge is 2.40. The Balaban J connectivity index is 1.16. The molecule has 0 radical (unpaired) electrons. The molecule has 0 atom stereocenters. The summed E-state index contributed by atoms with van der Waals surface area (Å²) in [6.07, 6.45) is 1.23. The van der Waals surface area contributed by atoms with E-state index in [2.05, 4.69) is 0 Å². The van der Waals surface area contributed by atoms with Gasteiger partial charge < -0.3 is 11.5 Å². The first-order valence-electron chi connectivity index (χ1n) is 19.6. The maximum absolute atomic E-state index is 15.0. The standard InChI is InChI=1S/C48H42N4O6S/c1-5-27-26-43(28(6-2)25-42(27)52-46(54)39-20-14-34(24-41(39)48(52)56)32-11-17-36(50)18-12-32)59(57,58)44-29(7-3)21-37(22-30(44)8-4)51-45(53)38-19-13-33(23-40(38)47(51)55)31-9-15-35(49)16-10-31/h9-26H,5-8,49-50H2,1-4H3. The Bertz CT molecular complexity index is 2860. The fraction of sp³-hybridized carbons (Fsp3) is 0.167. The highest BCUT2D eigenvalue weighted by atomic mass is 32.2. The van der Waals surface area contributed by atoms with Gasteiger partial charge in [0.05, 0.1) is 43.4 Å². The molecule has 4 amide bonds. The van der Waals surface area contributed by atoms with Gasteiger partial charge in [-0.25, -0.2) is 18.2 Å². The second-order valence-electron chi connectivity index (χ2n) is 14.8. The highest BCUT2D eigenvalue weighted by Crippen LogP contribution is 2.41. The summed E-state index contributed by atoms with van der Waals surface area (Å²) in [5.41, 5.74) is 19.7. The van der Waals surface area contributed by atoms with Gasteiger partial charge in [-0.3, -0.25) is 19.2 Å². The number of fused-ring (bicyclic) bond motifs is 2. The van der Waals surface area contributed by atoms with Gasteiger partial charge in [0.25, 0.3) is 23.6 Å². The number of nitrogens with zero attached hydrogens (tertiary/aromatic N) is 2. The van der Waals surface area contributed by atoms with E-state index in [1.807, 2.05) is 52.0 Å². The van der Waals surface area contributed by atoms with Crippen LogP contribution in [0, 0.1) is 0 Å². The molecule has 59 heavy (non-hydrogen) atoms. The number of anilines is 4. The summed E-state index contributed by atoms with van der Waals surface area (Å²) in [6, 6.07) is 31.2. The third-order valence-corrected chi connectivity index (χ3v) is 13.4. The molecule has 4 N–H and O–H groups in total. The zero-order valence-electron chi connectivity index (χ0n) is 33.1. The van der Waals surface area contributed by atoms with Crippen molar-refractivity contribution in [2.45, 2.75) is 63.2 Å². The van der Waals surface area contributed by atoms with Crippen LogP contribution in [0.25, 0.3) is 22.3 Å². The molecule has 2 aliphatic heterocycles. The average Bonchev–Trinajstić information content (AvgIpc) is 3.65. The number of carbonyl (C=O) groups is 4. The lowest BCUT2D eigenvalue weighted by Crippen LogP contribution is -2.31. The normalized spacial score (nSPS) is 13.7. The summed E-state index contributed by atoms with van der Waals surface area (Å²) in [4.78, 5) is 58.2. The summed E-state index contributed by atoms with van der Waals surface area (Å²) >= 11 is 0. The van der Waals surface area contributed by atoms with E-state index in [0.29, 0.717) is 70.7 Å². The Morgan fingerprint density at radius 3 is 1.31 bits per heavy atom. The molecule has 6 aromatic carbocycles. The number of benzene rings is 6. The van der Waals surface area contributed by atoms with Crippen LogP contribution >= 0.6 is 0 Å². The molecule has 0 saturated carbocycles. The number of nitrogens with two attached hydrogens (primary N) is 2. The van der Waals surface area contributed by atoms with Crippen molar-refractivity contribution < 1.29 is 27.6 Å². The first-order chi connectivity index (χ1) is 28.3. The number of rotatable bonds is 10. The van der Waals surface area contributed by atoms with Crippen molar-refractivity contribution >= 4 is 56.2 Å². The third kappa shape index (κ3) is 6.38. The number of imide groups is 2. The first-order valence-corrected chi connectivity index (χ1v) is 21.1. The molecule has 0 fully saturated rings. The van der Waals surface area contributed by atoms with E-state index in [1.54, 1.807) is 84.9 Å². The van der Waals surface area contributed by atoms with Crippen LogP contribution in [0.15, 0.2) is 119 Å². The van der Waals surface area contributed by atoms with Crippen molar-refractivity contribution in [2.75, 3.05) is 21.3 Å². The predicted molar refractivity (Wildman–Crippen MR) is 231 cm³/mol. The van der Waals surface area contributed by atoms with Crippen LogP contribution in [0.4, 0.5) is 22.7 Å². The topological polar surface area (TPSA) is 161 Å². The SMILES string of the molecule is CCc1cc(S(=O)(=O)c2c(CC)cc(N3C(=O)c4ccc(-c5ccc(N)cc5)cc4C3=O)cc2CC)c(CC)cc1N1C(=O)c2ccc(-c3ccc(N)cc3)cc2C1=O. The molecule has 0 bridgehead atoms. The number of carbonyl (C=O) groups excluding carboxylic acids is 4. The number of hydrogen-bond acceptors (Lipinski definition) is 8. The Labute approximate surface area is 343 Å². The van der Waals surface area contributed by atoms with E-state index in [9.17, 15) is 27.6 Å². The summed E-state index contributed by atoms with van der Waals surface area (Å²) in [6.45, 7) is 7.35. The van der Waals surface area contributed by atoms with Gasteiger partial charge >= 0.3 is 0 Å². The minimum absolute atomic E-state index is 0.0796. The first kappa shape index (κ1) is 39.0. The molecule has 10 nitrogen and oxygen atoms in total. The van der Waals surface area contributed by atoms with Gasteiger partial charge in [-0.2, -0.15) is 0 Å². The summed E-state index contributed by atoms with van der Waals surface area (Å²) in [7, 11) is -4.22. The van der Waals surface area contributed by atoms with Crippen molar-refractivity contribution in [3.8, 4) is 22.3 Å². The van der Waals surface area contributed by atoms with Gasteiger partial charge in [0.2, 0.25) is 9.84 Å². The minimum atomic E-state index is -4.22. The van der Waals surface area contributed by atoms with E-state index >= 15 is 0 Å². The zero-order chi connectivity index (χ0) is 41.9. The van der Waals surface area contributed by atoms with Crippen LogP contribution in [0.3, 0.4) is 0 Å². The molecular weight excluding hydrogens is 761 g/mol. The van der Waals surface area contributed by atoms with Crippen molar-refractivity contribution in [1.29, 1.82) is 0 Å². The largest absolute Gasteiger partial charge is 0.399 e. The molecule has 2 heterocycles. The van der Waals surface area contributed by atoms with Crippen LogP contribution in [0.1, 0.15) is 91.4 Å². The molecule has 0 spiro atoms. The van der Waals surface area contributed by atoms with Crippen molar-refractivity contribution in [1.82, 2.24) is 0 Å². The van der Waals surface area contributed by atoms with E-state index in [0.717, 1.165) is 32.1 Å². The molecule has 0 aromatic heterocycles. The Hall–Kier alpha value is -6.85. The smallest absolute Gasteiger partial charge is 0.266 e. The maximum atomic E-state index is 15.0. The molecular formula is C48H42N4O6S. The lowest BCUT2D eigenvalue weighted by atomic mass is 10.00. The van der Waals surface area contributed by atoms with Gasteiger partial charge in [0.1, 0.15) is 0 Å².